The van der Waals surface area contributed by atoms with Gasteiger partial charge in [-0.15, -0.1) is 0 Å². The lowest BCUT2D eigenvalue weighted by Gasteiger charge is -2.12. The molecule has 0 aliphatic rings. The summed E-state index contributed by atoms with van der Waals surface area (Å²) in [5.74, 6) is -0.495. The molecule has 7 heteroatoms. The Morgan fingerprint density at radius 2 is 2.10 bits per heavy atom. The largest absolute Gasteiger partial charge is 0.491 e. The summed E-state index contributed by atoms with van der Waals surface area (Å²) in [7, 11) is 1.58. The van der Waals surface area contributed by atoms with Crippen molar-refractivity contribution in [3.8, 4) is 5.75 Å². The van der Waals surface area contributed by atoms with Gasteiger partial charge in [0.15, 0.2) is 0 Å². The average Bonchev–Trinajstić information content (AvgIpc) is 2.38. The quantitative estimate of drug-likeness (QED) is 0.573. The molecular formula is C13H19N3O4. The molecular weight excluding hydrogens is 262 g/mol. The number of hydrogen-bond acceptors (Lipinski definition) is 5. The van der Waals surface area contributed by atoms with Crippen LogP contribution in [0.2, 0.25) is 0 Å². The standard InChI is InChI=1S/C13H19N3O4/c1-19-5-6-20-10-4-2-3-9(7-10)16-13(18)11(14)8-12(15)17/h2-4,7,11H,5-6,8,14H2,1H3,(H2,15,17)(H,16,18). The molecule has 1 rings (SSSR count). The zero-order valence-corrected chi connectivity index (χ0v) is 11.3. The van der Waals surface area contributed by atoms with Crippen LogP contribution in [0.15, 0.2) is 24.3 Å². The Labute approximate surface area is 117 Å². The number of ether oxygens (including phenoxy) is 2. The van der Waals surface area contributed by atoms with Crippen molar-refractivity contribution in [3.63, 3.8) is 0 Å². The lowest BCUT2D eigenvalue weighted by Crippen LogP contribution is -2.38. The van der Waals surface area contributed by atoms with Gasteiger partial charge in [-0.1, -0.05) is 6.07 Å². The third-order valence-electron chi connectivity index (χ3n) is 2.42. The van der Waals surface area contributed by atoms with Gasteiger partial charge in [-0.05, 0) is 12.1 Å². The van der Waals surface area contributed by atoms with E-state index in [1.807, 2.05) is 0 Å². The predicted octanol–water partition coefficient (Wildman–Crippen LogP) is -0.147. The molecule has 1 unspecified atom stereocenters. The summed E-state index contributed by atoms with van der Waals surface area (Å²) in [6.07, 6.45) is -0.199. The number of amides is 2. The maximum absolute atomic E-state index is 11.7. The van der Waals surface area contributed by atoms with E-state index in [1.165, 1.54) is 0 Å². The molecule has 0 radical (unpaired) electrons. The molecule has 0 aliphatic heterocycles. The van der Waals surface area contributed by atoms with Gasteiger partial charge in [-0.3, -0.25) is 9.59 Å². The Bertz CT molecular complexity index is 465. The summed E-state index contributed by atoms with van der Waals surface area (Å²) in [5.41, 5.74) is 11.1. The Morgan fingerprint density at radius 1 is 1.35 bits per heavy atom. The van der Waals surface area contributed by atoms with Gasteiger partial charge in [0.2, 0.25) is 11.8 Å². The molecule has 20 heavy (non-hydrogen) atoms. The van der Waals surface area contributed by atoms with E-state index in [4.69, 9.17) is 20.9 Å². The lowest BCUT2D eigenvalue weighted by molar-refractivity contribution is -0.123. The van der Waals surface area contributed by atoms with E-state index in [2.05, 4.69) is 5.32 Å². The van der Waals surface area contributed by atoms with Crippen molar-refractivity contribution in [2.45, 2.75) is 12.5 Å². The number of carbonyl (C=O) groups excluding carboxylic acids is 2. The second kappa shape index (κ2) is 8.13. The molecule has 1 atom stereocenters. The van der Waals surface area contributed by atoms with Gasteiger partial charge >= 0.3 is 0 Å². The van der Waals surface area contributed by atoms with Gasteiger partial charge in [-0.2, -0.15) is 0 Å². The van der Waals surface area contributed by atoms with Gasteiger partial charge in [0.25, 0.3) is 0 Å². The number of hydrogen-bond donors (Lipinski definition) is 3. The van der Waals surface area contributed by atoms with Gasteiger partial charge in [0.1, 0.15) is 12.4 Å². The van der Waals surface area contributed by atoms with Crippen LogP contribution in [-0.2, 0) is 14.3 Å². The SMILES string of the molecule is COCCOc1cccc(NC(=O)C(N)CC(N)=O)c1. The van der Waals surface area contributed by atoms with E-state index < -0.39 is 17.9 Å². The summed E-state index contributed by atoms with van der Waals surface area (Å²) >= 11 is 0. The van der Waals surface area contributed by atoms with Crippen molar-refractivity contribution in [1.29, 1.82) is 0 Å². The first-order valence-corrected chi connectivity index (χ1v) is 6.09. The highest BCUT2D eigenvalue weighted by molar-refractivity contribution is 5.97. The van der Waals surface area contributed by atoms with Crippen LogP contribution in [0.25, 0.3) is 0 Å². The van der Waals surface area contributed by atoms with E-state index in [0.717, 1.165) is 0 Å². The molecule has 0 fully saturated rings. The lowest BCUT2D eigenvalue weighted by atomic mass is 10.2. The molecule has 0 bridgehead atoms. The van der Waals surface area contributed by atoms with Gasteiger partial charge in [0, 0.05) is 18.9 Å². The number of primary amides is 1. The minimum Gasteiger partial charge on any atom is -0.491 e. The normalized spacial score (nSPS) is 11.7. The van der Waals surface area contributed by atoms with Crippen LogP contribution in [0.1, 0.15) is 6.42 Å². The molecule has 0 heterocycles. The van der Waals surface area contributed by atoms with Crippen LogP contribution >= 0.6 is 0 Å². The maximum Gasteiger partial charge on any atom is 0.241 e. The van der Waals surface area contributed by atoms with Crippen LogP contribution in [0.5, 0.6) is 5.75 Å². The smallest absolute Gasteiger partial charge is 0.241 e. The first kappa shape index (κ1) is 15.9. The Balaban J connectivity index is 2.56. The van der Waals surface area contributed by atoms with Crippen LogP contribution in [0.3, 0.4) is 0 Å². The highest BCUT2D eigenvalue weighted by Gasteiger charge is 2.16. The molecule has 1 aromatic carbocycles. The first-order valence-electron chi connectivity index (χ1n) is 6.09. The fraction of sp³-hybridized carbons (Fsp3) is 0.385. The highest BCUT2D eigenvalue weighted by Crippen LogP contribution is 2.17. The summed E-state index contributed by atoms with van der Waals surface area (Å²) in [6.45, 7) is 0.884. The Morgan fingerprint density at radius 3 is 2.75 bits per heavy atom. The molecule has 1 aromatic rings. The third-order valence-corrected chi connectivity index (χ3v) is 2.42. The number of nitrogens with one attached hydrogen (secondary N) is 1. The number of methoxy groups -OCH3 is 1. The van der Waals surface area contributed by atoms with Gasteiger partial charge < -0.3 is 26.3 Å². The van der Waals surface area contributed by atoms with Crippen molar-refractivity contribution in [2.24, 2.45) is 11.5 Å². The number of anilines is 1. The van der Waals surface area contributed by atoms with Crippen LogP contribution in [0.4, 0.5) is 5.69 Å². The molecule has 0 aliphatic carbocycles. The molecule has 7 nitrogen and oxygen atoms in total. The molecule has 5 N–H and O–H groups in total. The summed E-state index contributed by atoms with van der Waals surface area (Å²) in [6, 6.07) is 5.87. The van der Waals surface area contributed by atoms with Crippen molar-refractivity contribution in [3.05, 3.63) is 24.3 Å². The van der Waals surface area contributed by atoms with Crippen molar-refractivity contribution >= 4 is 17.5 Å². The van der Waals surface area contributed by atoms with Crippen molar-refractivity contribution in [1.82, 2.24) is 0 Å². The summed E-state index contributed by atoms with van der Waals surface area (Å²) < 4.78 is 10.3. The minimum absolute atomic E-state index is 0.199. The van der Waals surface area contributed by atoms with E-state index in [1.54, 1.807) is 31.4 Å². The van der Waals surface area contributed by atoms with Crippen LogP contribution in [-0.4, -0.2) is 38.2 Å². The number of nitrogens with two attached hydrogens (primary N) is 2. The minimum atomic E-state index is -0.967. The third kappa shape index (κ3) is 5.68. The second-order valence-corrected chi connectivity index (χ2v) is 4.14. The zero-order chi connectivity index (χ0) is 15.0. The number of carbonyl (C=O) groups is 2. The molecule has 0 aromatic heterocycles. The molecule has 0 saturated heterocycles. The monoisotopic (exact) mass is 281 g/mol. The molecule has 110 valence electrons. The zero-order valence-electron chi connectivity index (χ0n) is 11.3. The Kier molecular flexibility index (Phi) is 6.48. The van der Waals surface area contributed by atoms with Crippen molar-refractivity contribution in [2.75, 3.05) is 25.6 Å². The fourth-order valence-corrected chi connectivity index (χ4v) is 1.45. The van der Waals surface area contributed by atoms with Gasteiger partial charge in [0.05, 0.1) is 19.1 Å². The summed E-state index contributed by atoms with van der Waals surface area (Å²) in [5, 5.41) is 2.59. The topological polar surface area (TPSA) is 117 Å². The molecule has 0 saturated carbocycles. The number of benzene rings is 1. The number of rotatable bonds is 8. The highest BCUT2D eigenvalue weighted by atomic mass is 16.5. The predicted molar refractivity (Wildman–Crippen MR) is 74.2 cm³/mol. The van der Waals surface area contributed by atoms with E-state index in [-0.39, 0.29) is 6.42 Å². The van der Waals surface area contributed by atoms with Crippen LogP contribution < -0.4 is 21.5 Å². The summed E-state index contributed by atoms with van der Waals surface area (Å²) in [4.78, 5) is 22.4. The fourth-order valence-electron chi connectivity index (χ4n) is 1.45. The van der Waals surface area contributed by atoms with E-state index >= 15 is 0 Å². The molecule has 2 amide bonds. The van der Waals surface area contributed by atoms with Crippen LogP contribution in [0, 0.1) is 0 Å². The maximum atomic E-state index is 11.7. The van der Waals surface area contributed by atoms with Gasteiger partial charge in [-0.25, -0.2) is 0 Å². The van der Waals surface area contributed by atoms with E-state index in [0.29, 0.717) is 24.7 Å². The average molecular weight is 281 g/mol. The Hall–Kier alpha value is -2.12. The van der Waals surface area contributed by atoms with Crippen molar-refractivity contribution < 1.29 is 19.1 Å². The van der Waals surface area contributed by atoms with E-state index in [9.17, 15) is 9.59 Å². The first-order chi connectivity index (χ1) is 9.52. The second-order valence-electron chi connectivity index (χ2n) is 4.14. The molecule has 0 spiro atoms.